The van der Waals surface area contributed by atoms with Crippen LogP contribution in [0.25, 0.3) is 0 Å². The number of aromatic amines is 1. The van der Waals surface area contributed by atoms with Gasteiger partial charge < -0.3 is 19.1 Å². The Labute approximate surface area is 218 Å². The lowest BCUT2D eigenvalue weighted by Gasteiger charge is -2.29. The average Bonchev–Trinajstić information content (AvgIpc) is 3.08. The van der Waals surface area contributed by atoms with Crippen LogP contribution in [0.5, 0.6) is 5.75 Å². The van der Waals surface area contributed by atoms with Crippen molar-refractivity contribution in [3.05, 3.63) is 57.7 Å². The van der Waals surface area contributed by atoms with Crippen molar-refractivity contribution in [3.63, 3.8) is 0 Å². The second kappa shape index (κ2) is 11.7. The van der Waals surface area contributed by atoms with Gasteiger partial charge in [0.25, 0.3) is 5.56 Å². The van der Waals surface area contributed by atoms with Crippen molar-refractivity contribution in [2.75, 3.05) is 12.8 Å². The lowest BCUT2D eigenvalue weighted by Crippen LogP contribution is -2.45. The second-order valence-electron chi connectivity index (χ2n) is 8.81. The summed E-state index contributed by atoms with van der Waals surface area (Å²) in [5.41, 5.74) is -2.60. The van der Waals surface area contributed by atoms with Crippen molar-refractivity contribution in [3.8, 4) is 18.1 Å². The van der Waals surface area contributed by atoms with E-state index in [9.17, 15) is 19.3 Å². The maximum atomic E-state index is 15.2. The van der Waals surface area contributed by atoms with Gasteiger partial charge in [-0.1, -0.05) is 31.0 Å². The van der Waals surface area contributed by atoms with Crippen LogP contribution in [-0.2, 0) is 23.4 Å². The van der Waals surface area contributed by atoms with Gasteiger partial charge in [-0.15, -0.1) is 6.42 Å². The fourth-order valence-electron chi connectivity index (χ4n) is 3.59. The van der Waals surface area contributed by atoms with Crippen LogP contribution in [0.2, 0.25) is 0 Å². The molecule has 13 heteroatoms. The molecule has 6 atom stereocenters. The molecule has 2 heterocycles. The fourth-order valence-corrected chi connectivity index (χ4v) is 5.74. The molecular formula is C24H28FN2O8PS. The number of alkyl halides is 1. The third-order valence-corrected chi connectivity index (χ3v) is 7.79. The van der Waals surface area contributed by atoms with E-state index in [-0.39, 0.29) is 10.5 Å². The lowest BCUT2D eigenvalue weighted by atomic mass is 9.98. The molecule has 3 rings (SSSR count). The first-order valence-electron chi connectivity index (χ1n) is 11.4. The van der Waals surface area contributed by atoms with E-state index in [0.29, 0.717) is 0 Å². The number of hydrogen-bond acceptors (Lipinski definition) is 9. The first-order valence-corrected chi connectivity index (χ1v) is 13.5. The summed E-state index contributed by atoms with van der Waals surface area (Å²) in [6.07, 6.45) is 0.549. The number of esters is 1. The van der Waals surface area contributed by atoms with E-state index in [4.69, 9.17) is 37.2 Å². The quantitative estimate of drug-likeness (QED) is 0.197. The molecule has 10 nitrogen and oxygen atoms in total. The maximum absolute atomic E-state index is 15.2. The number of terminal acetylenes is 1. The van der Waals surface area contributed by atoms with Gasteiger partial charge >= 0.3 is 13.6 Å². The summed E-state index contributed by atoms with van der Waals surface area (Å²) in [4.78, 5) is 26.2. The minimum Gasteiger partial charge on any atom is -0.463 e. The van der Waals surface area contributed by atoms with E-state index in [0.717, 1.165) is 10.6 Å². The van der Waals surface area contributed by atoms with Crippen molar-refractivity contribution in [1.82, 2.24) is 9.55 Å². The van der Waals surface area contributed by atoms with Crippen molar-refractivity contribution in [2.24, 2.45) is 5.92 Å². The molecule has 0 aliphatic carbocycles. The molecular weight excluding hydrogens is 526 g/mol. The summed E-state index contributed by atoms with van der Waals surface area (Å²) in [5, 5.41) is 10.7. The third kappa shape index (κ3) is 6.74. The van der Waals surface area contributed by atoms with Crippen LogP contribution in [0.15, 0.2) is 47.4 Å². The standard InChI is InChI=1S/C24H28FN2O8PS/c1-5-24(20(29)19(25)21(34-24)27-12-11-18(28)26-23(27)37)14-32-36(31,35-17-9-7-6-8-10-17)13-16(4)22(30)33-15(2)3/h1,6-12,15-16,19-21,29H,13-14H2,2-4H3,(H,26,28,37)/t16-,19?,20-,21-,24-,36?/m1/s1. The van der Waals surface area contributed by atoms with Gasteiger partial charge in [-0.2, -0.15) is 0 Å². The molecule has 2 unspecified atom stereocenters. The van der Waals surface area contributed by atoms with Crippen LogP contribution in [0.3, 0.4) is 0 Å². The molecule has 0 spiro atoms. The van der Waals surface area contributed by atoms with Crippen molar-refractivity contribution < 1.29 is 37.4 Å². The highest BCUT2D eigenvalue weighted by molar-refractivity contribution is 7.71. The Morgan fingerprint density at radius 2 is 2.03 bits per heavy atom. The topological polar surface area (TPSA) is 129 Å². The van der Waals surface area contributed by atoms with Crippen LogP contribution >= 0.6 is 19.8 Å². The molecule has 1 aliphatic heterocycles. The SMILES string of the molecule is C#C[C@]1(COP(=O)(C[C@@H](C)C(=O)OC(C)C)Oc2ccccc2)O[C@@H](n2ccc(=O)[nH]c2=S)C(F)[C@H]1O. The molecule has 1 fully saturated rings. The van der Waals surface area contributed by atoms with Crippen LogP contribution in [0.1, 0.15) is 27.0 Å². The van der Waals surface area contributed by atoms with Gasteiger partial charge in [-0.3, -0.25) is 23.7 Å². The summed E-state index contributed by atoms with van der Waals surface area (Å²) < 4.78 is 52.1. The van der Waals surface area contributed by atoms with Crippen LogP contribution in [0, 0.1) is 23.0 Å². The van der Waals surface area contributed by atoms with E-state index in [1.807, 2.05) is 0 Å². The largest absolute Gasteiger partial charge is 0.463 e. The molecule has 37 heavy (non-hydrogen) atoms. The van der Waals surface area contributed by atoms with Crippen LogP contribution in [0.4, 0.5) is 4.39 Å². The number of nitrogens with one attached hydrogen (secondary N) is 1. The molecule has 0 saturated carbocycles. The van der Waals surface area contributed by atoms with E-state index < -0.39 is 68.0 Å². The van der Waals surface area contributed by atoms with Crippen molar-refractivity contribution in [1.29, 1.82) is 0 Å². The van der Waals surface area contributed by atoms with Gasteiger partial charge in [0.05, 0.1) is 18.2 Å². The van der Waals surface area contributed by atoms with Gasteiger partial charge in [-0.05, 0) is 38.2 Å². The number of nitrogens with zero attached hydrogens (tertiary/aromatic N) is 1. The summed E-state index contributed by atoms with van der Waals surface area (Å²) in [6.45, 7) is 4.11. The Morgan fingerprint density at radius 3 is 2.62 bits per heavy atom. The molecule has 2 N–H and O–H groups in total. The number of carbonyl (C=O) groups is 1. The lowest BCUT2D eigenvalue weighted by molar-refractivity contribution is -0.151. The number of aromatic nitrogens is 2. The molecule has 0 amide bonds. The van der Waals surface area contributed by atoms with E-state index in [2.05, 4.69) is 10.9 Å². The molecule has 1 aliphatic rings. The zero-order valence-electron chi connectivity index (χ0n) is 20.4. The number of rotatable bonds is 10. The van der Waals surface area contributed by atoms with Gasteiger partial charge in [0, 0.05) is 12.3 Å². The number of para-hydroxylation sites is 1. The first-order chi connectivity index (χ1) is 17.4. The van der Waals surface area contributed by atoms with E-state index in [1.54, 1.807) is 32.0 Å². The van der Waals surface area contributed by atoms with Crippen molar-refractivity contribution in [2.45, 2.75) is 51.0 Å². The number of halogens is 1. The summed E-state index contributed by atoms with van der Waals surface area (Å²) in [6, 6.07) is 9.20. The van der Waals surface area contributed by atoms with Gasteiger partial charge in [0.2, 0.25) is 0 Å². The first kappa shape index (κ1) is 28.8. The predicted octanol–water partition coefficient (Wildman–Crippen LogP) is 3.38. The highest BCUT2D eigenvalue weighted by Crippen LogP contribution is 2.52. The van der Waals surface area contributed by atoms with Gasteiger partial charge in [0.1, 0.15) is 18.5 Å². The predicted molar refractivity (Wildman–Crippen MR) is 134 cm³/mol. The number of aliphatic hydroxyl groups is 1. The normalized spacial score (nSPS) is 25.7. The van der Waals surface area contributed by atoms with Crippen LogP contribution < -0.4 is 10.1 Å². The minimum absolute atomic E-state index is 0.156. The van der Waals surface area contributed by atoms with Crippen molar-refractivity contribution >= 4 is 25.8 Å². The molecule has 2 aromatic rings. The molecule has 1 aromatic heterocycles. The third-order valence-electron chi connectivity index (χ3n) is 5.47. The average molecular weight is 555 g/mol. The fraction of sp³-hybridized carbons (Fsp3) is 0.458. The number of aliphatic hydroxyl groups excluding tert-OH is 1. The Bertz CT molecular complexity index is 1310. The Morgan fingerprint density at radius 1 is 1.35 bits per heavy atom. The zero-order chi connectivity index (χ0) is 27.4. The Kier molecular flexibility index (Phi) is 9.10. The molecule has 0 bridgehead atoms. The zero-order valence-corrected chi connectivity index (χ0v) is 22.1. The monoisotopic (exact) mass is 554 g/mol. The number of H-pyrrole nitrogens is 1. The van der Waals surface area contributed by atoms with E-state index >= 15 is 4.39 Å². The summed E-state index contributed by atoms with van der Waals surface area (Å²) in [5.74, 6) is 0.886. The molecule has 0 radical (unpaired) electrons. The highest BCUT2D eigenvalue weighted by Gasteiger charge is 2.56. The number of hydrogen-bond donors (Lipinski definition) is 2. The maximum Gasteiger partial charge on any atom is 0.380 e. The number of benzene rings is 1. The second-order valence-corrected chi connectivity index (χ2v) is 11.2. The summed E-state index contributed by atoms with van der Waals surface area (Å²) in [7, 11) is -4.14. The van der Waals surface area contributed by atoms with E-state index in [1.165, 1.54) is 25.3 Å². The van der Waals surface area contributed by atoms with Crippen LogP contribution in [-0.4, -0.2) is 57.4 Å². The summed E-state index contributed by atoms with van der Waals surface area (Å²) >= 11 is 5.07. The molecule has 1 saturated heterocycles. The smallest absolute Gasteiger partial charge is 0.380 e. The van der Waals surface area contributed by atoms with Gasteiger partial charge in [0.15, 0.2) is 22.8 Å². The molecule has 1 aromatic carbocycles. The highest BCUT2D eigenvalue weighted by atomic mass is 32.1. The number of carbonyl (C=O) groups excluding carboxylic acids is 1. The minimum atomic E-state index is -4.14. The Balaban J connectivity index is 1.87. The Hall–Kier alpha value is -2.81. The molecule has 200 valence electrons. The van der Waals surface area contributed by atoms with Gasteiger partial charge in [-0.25, -0.2) is 8.96 Å². The number of ether oxygens (including phenoxy) is 2.